The highest BCUT2D eigenvalue weighted by atomic mass is 28.4. The van der Waals surface area contributed by atoms with Gasteiger partial charge in [0.1, 0.15) is 31.0 Å². The third kappa shape index (κ3) is 6.44. The van der Waals surface area contributed by atoms with Crippen molar-refractivity contribution in [3.8, 4) is 0 Å². The van der Waals surface area contributed by atoms with Crippen molar-refractivity contribution in [2.45, 2.75) is 103 Å². The molecule has 0 saturated carbocycles. The summed E-state index contributed by atoms with van der Waals surface area (Å²) in [5.74, 6) is -1.95. The summed E-state index contributed by atoms with van der Waals surface area (Å²) < 4.78 is 37.1. The first kappa shape index (κ1) is 26.3. The van der Waals surface area contributed by atoms with Gasteiger partial charge in [-0.25, -0.2) is 4.79 Å². The van der Waals surface area contributed by atoms with Gasteiger partial charge in [0.2, 0.25) is 0 Å². The van der Waals surface area contributed by atoms with Crippen LogP contribution in [0.1, 0.15) is 58.8 Å². The zero-order valence-corrected chi connectivity index (χ0v) is 22.5. The maximum absolute atomic E-state index is 12.6. The Labute approximate surface area is 199 Å². The Morgan fingerprint density at radius 1 is 1.06 bits per heavy atom. The lowest BCUT2D eigenvalue weighted by Gasteiger charge is -2.42. The highest BCUT2D eigenvalue weighted by Crippen LogP contribution is 2.42. The van der Waals surface area contributed by atoms with Gasteiger partial charge in [-0.1, -0.05) is 39.0 Å². The highest BCUT2D eigenvalue weighted by molar-refractivity contribution is 6.74. The lowest BCUT2D eigenvalue weighted by Crippen LogP contribution is -2.55. The van der Waals surface area contributed by atoms with Crippen LogP contribution in [-0.4, -0.2) is 63.5 Å². The first-order valence-electron chi connectivity index (χ1n) is 11.7. The Kier molecular flexibility index (Phi) is 7.49. The smallest absolute Gasteiger partial charge is 0.338 e. The zero-order chi connectivity index (χ0) is 24.7. The third-order valence-electron chi connectivity index (χ3n) is 6.57. The van der Waals surface area contributed by atoms with E-state index >= 15 is 0 Å². The molecule has 0 N–H and O–H groups in total. The Balaban J connectivity index is 1.83. The van der Waals surface area contributed by atoms with E-state index in [2.05, 4.69) is 33.9 Å². The molecule has 0 unspecified atom stereocenters. The summed E-state index contributed by atoms with van der Waals surface area (Å²) in [6.45, 7) is 18.9. The van der Waals surface area contributed by atoms with Crippen molar-refractivity contribution in [2.24, 2.45) is 0 Å². The Hall–Kier alpha value is -1.29. The lowest BCUT2D eigenvalue weighted by molar-refractivity contribution is -0.176. The van der Waals surface area contributed by atoms with Crippen LogP contribution in [0.15, 0.2) is 30.3 Å². The van der Waals surface area contributed by atoms with E-state index in [4.69, 9.17) is 28.1 Å². The molecule has 0 spiro atoms. The van der Waals surface area contributed by atoms with Crippen molar-refractivity contribution >= 4 is 14.3 Å². The summed E-state index contributed by atoms with van der Waals surface area (Å²) in [4.78, 5) is 12.6. The number of benzene rings is 1. The molecule has 1 aromatic rings. The normalized spacial score (nSPS) is 28.0. The van der Waals surface area contributed by atoms with Crippen molar-refractivity contribution < 1.29 is 32.9 Å². The molecule has 0 aliphatic carbocycles. The van der Waals surface area contributed by atoms with Crippen LogP contribution in [0.4, 0.5) is 0 Å². The summed E-state index contributed by atoms with van der Waals surface area (Å²) in [6.07, 6.45) is -1.76. The van der Waals surface area contributed by atoms with Crippen molar-refractivity contribution in [2.75, 3.05) is 13.2 Å². The molecule has 0 aromatic heterocycles. The predicted molar refractivity (Wildman–Crippen MR) is 128 cm³/mol. The first-order chi connectivity index (χ1) is 15.1. The molecule has 2 aliphatic heterocycles. The molecule has 2 heterocycles. The van der Waals surface area contributed by atoms with E-state index in [1.165, 1.54) is 0 Å². The largest absolute Gasteiger partial charge is 0.459 e. The van der Waals surface area contributed by atoms with Gasteiger partial charge in [0.05, 0.1) is 12.2 Å². The van der Waals surface area contributed by atoms with Crippen molar-refractivity contribution in [3.63, 3.8) is 0 Å². The van der Waals surface area contributed by atoms with Crippen LogP contribution < -0.4 is 0 Å². The summed E-state index contributed by atoms with van der Waals surface area (Å²) in [5, 5.41) is -0.00944. The maximum atomic E-state index is 12.6. The minimum Gasteiger partial charge on any atom is -0.459 e. The van der Waals surface area contributed by atoms with Gasteiger partial charge in [-0.3, -0.25) is 0 Å². The minimum absolute atomic E-state index is 0.00944. The van der Waals surface area contributed by atoms with E-state index in [0.717, 1.165) is 0 Å². The van der Waals surface area contributed by atoms with Crippen LogP contribution in [-0.2, 0) is 28.1 Å². The van der Waals surface area contributed by atoms with Gasteiger partial charge < -0.3 is 28.1 Å². The van der Waals surface area contributed by atoms with Gasteiger partial charge in [-0.15, -0.1) is 0 Å². The summed E-state index contributed by atoms with van der Waals surface area (Å²) in [5.41, 5.74) is 0.496. The minimum atomic E-state index is -2.20. The van der Waals surface area contributed by atoms with Crippen LogP contribution in [0.25, 0.3) is 0 Å². The van der Waals surface area contributed by atoms with E-state index in [0.29, 0.717) is 12.2 Å². The van der Waals surface area contributed by atoms with Crippen molar-refractivity contribution in [1.29, 1.82) is 0 Å². The van der Waals surface area contributed by atoms with Crippen LogP contribution >= 0.6 is 0 Å². The average molecular weight is 481 g/mol. The number of esters is 1. The fourth-order valence-electron chi connectivity index (χ4n) is 3.83. The monoisotopic (exact) mass is 480 g/mol. The topological polar surface area (TPSA) is 72.5 Å². The Bertz CT molecular complexity index is 816. The van der Waals surface area contributed by atoms with Gasteiger partial charge in [0.25, 0.3) is 0 Å². The SMILES string of the molecule is CC1(C)OC[C@H]([C@@H](O[Si](C)(C)C(C)(C)C)[C@@H]2OC(C)(C)O[C@@H]2COC(=O)c2ccccc2)O1. The number of ether oxygens (including phenoxy) is 5. The summed E-state index contributed by atoms with van der Waals surface area (Å²) in [6, 6.07) is 8.92. The Morgan fingerprint density at radius 2 is 1.70 bits per heavy atom. The number of hydrogen-bond donors (Lipinski definition) is 0. The molecule has 2 saturated heterocycles. The van der Waals surface area contributed by atoms with E-state index in [-0.39, 0.29) is 17.7 Å². The molecule has 7 nitrogen and oxygen atoms in total. The first-order valence-corrected chi connectivity index (χ1v) is 14.6. The molecule has 8 heteroatoms. The van der Waals surface area contributed by atoms with Crippen LogP contribution in [0.2, 0.25) is 18.1 Å². The molecular weight excluding hydrogens is 440 g/mol. The lowest BCUT2D eigenvalue weighted by atomic mass is 10.0. The third-order valence-corrected chi connectivity index (χ3v) is 11.0. The second kappa shape index (κ2) is 9.39. The molecule has 186 valence electrons. The summed E-state index contributed by atoms with van der Waals surface area (Å²) >= 11 is 0. The number of rotatable bonds is 7. The predicted octanol–water partition coefficient (Wildman–Crippen LogP) is 4.91. The molecule has 33 heavy (non-hydrogen) atoms. The standard InChI is InChI=1S/C25H40O7Si/c1-23(2,3)33(8,9)32-21(19-16-28-24(4,5)29-19)20-18(30-25(6,7)31-20)15-27-22(26)17-13-11-10-12-14-17/h10-14,18-21H,15-16H2,1-9H3/t18-,19-,20-,21-/m1/s1. The van der Waals surface area contributed by atoms with Gasteiger partial charge in [-0.2, -0.15) is 0 Å². The van der Waals surface area contributed by atoms with Crippen LogP contribution in [0.3, 0.4) is 0 Å². The van der Waals surface area contributed by atoms with Gasteiger partial charge >= 0.3 is 5.97 Å². The average Bonchev–Trinajstić information content (AvgIpc) is 3.22. The van der Waals surface area contributed by atoms with Crippen LogP contribution in [0.5, 0.6) is 0 Å². The van der Waals surface area contributed by atoms with E-state index < -0.39 is 44.2 Å². The van der Waals surface area contributed by atoms with Gasteiger partial charge in [0, 0.05) is 0 Å². The number of carbonyl (C=O) groups is 1. The second-order valence-corrected chi connectivity index (χ2v) is 16.1. The highest BCUT2D eigenvalue weighted by Gasteiger charge is 2.54. The maximum Gasteiger partial charge on any atom is 0.338 e. The van der Waals surface area contributed by atoms with Gasteiger partial charge in [-0.05, 0) is 58.0 Å². The molecule has 4 atom stereocenters. The fourth-order valence-corrected chi connectivity index (χ4v) is 5.15. The fraction of sp³-hybridized carbons (Fsp3) is 0.720. The Morgan fingerprint density at radius 3 is 2.24 bits per heavy atom. The summed E-state index contributed by atoms with van der Waals surface area (Å²) in [7, 11) is -2.20. The van der Waals surface area contributed by atoms with E-state index in [9.17, 15) is 4.79 Å². The molecule has 0 bridgehead atoms. The number of hydrogen-bond acceptors (Lipinski definition) is 7. The van der Waals surface area contributed by atoms with Gasteiger partial charge in [0.15, 0.2) is 19.9 Å². The van der Waals surface area contributed by atoms with Crippen molar-refractivity contribution in [1.82, 2.24) is 0 Å². The van der Waals surface area contributed by atoms with Crippen molar-refractivity contribution in [3.05, 3.63) is 35.9 Å². The van der Waals surface area contributed by atoms with Crippen LogP contribution in [0, 0.1) is 0 Å². The molecule has 0 amide bonds. The molecule has 2 aliphatic rings. The van der Waals surface area contributed by atoms with E-state index in [1.54, 1.807) is 24.3 Å². The molecule has 2 fully saturated rings. The number of carbonyl (C=O) groups excluding carboxylic acids is 1. The second-order valence-electron chi connectivity index (χ2n) is 11.3. The molecular formula is C25H40O7Si. The zero-order valence-electron chi connectivity index (χ0n) is 21.5. The molecule has 3 rings (SSSR count). The molecule has 1 aromatic carbocycles. The quantitative estimate of drug-likeness (QED) is 0.406. The van der Waals surface area contributed by atoms with E-state index in [1.807, 2.05) is 33.8 Å². The molecule has 0 radical (unpaired) electrons.